The summed E-state index contributed by atoms with van der Waals surface area (Å²) in [5.74, 6) is 0.551. The normalized spacial score (nSPS) is 24.1. The lowest BCUT2D eigenvalue weighted by Crippen LogP contribution is -2.36. The number of fused-ring (bicyclic) bond motifs is 2. The van der Waals surface area contributed by atoms with Crippen LogP contribution in [0.1, 0.15) is 23.2 Å². The lowest BCUT2D eigenvalue weighted by molar-refractivity contribution is 0.0726. The second-order valence-corrected chi connectivity index (χ2v) is 3.96. The Morgan fingerprint density at radius 1 is 1.53 bits per heavy atom. The molecule has 78 valence electrons. The van der Waals surface area contributed by atoms with Crippen LogP contribution in [0, 0.1) is 0 Å². The molecule has 1 saturated heterocycles. The van der Waals surface area contributed by atoms with E-state index >= 15 is 0 Å². The monoisotopic (exact) mass is 204 g/mol. The highest BCUT2D eigenvalue weighted by atomic mass is 16.5. The van der Waals surface area contributed by atoms with Crippen molar-refractivity contribution in [3.05, 3.63) is 23.9 Å². The number of carbonyl (C=O) groups is 1. The van der Waals surface area contributed by atoms with Crippen LogP contribution in [0.25, 0.3) is 0 Å². The van der Waals surface area contributed by atoms with Gasteiger partial charge >= 0.3 is 0 Å². The van der Waals surface area contributed by atoms with Crippen LogP contribution in [0.15, 0.2) is 18.3 Å². The SMILES string of the molecule is O=C1c2cccnc2OCC2CCCN12. The number of amides is 1. The number of rotatable bonds is 0. The topological polar surface area (TPSA) is 42.4 Å². The molecule has 1 atom stereocenters. The average Bonchev–Trinajstić information content (AvgIpc) is 2.69. The third-order valence-electron chi connectivity index (χ3n) is 3.05. The molecule has 1 amide bonds. The molecule has 0 saturated carbocycles. The van der Waals surface area contributed by atoms with Gasteiger partial charge in [0, 0.05) is 12.7 Å². The first-order valence-corrected chi connectivity index (χ1v) is 5.25. The Kier molecular flexibility index (Phi) is 1.87. The molecule has 3 rings (SSSR count). The molecular weight excluding hydrogens is 192 g/mol. The molecule has 0 bridgehead atoms. The number of carbonyl (C=O) groups excluding carboxylic acids is 1. The first kappa shape index (κ1) is 8.71. The summed E-state index contributed by atoms with van der Waals surface area (Å²) in [5.41, 5.74) is 0.599. The zero-order valence-electron chi connectivity index (χ0n) is 8.35. The minimum absolute atomic E-state index is 0.0677. The molecule has 0 aliphatic carbocycles. The van der Waals surface area contributed by atoms with E-state index < -0.39 is 0 Å². The molecule has 2 aliphatic rings. The largest absolute Gasteiger partial charge is 0.475 e. The second kappa shape index (κ2) is 3.22. The summed E-state index contributed by atoms with van der Waals surface area (Å²) in [5, 5.41) is 0. The fraction of sp³-hybridized carbons (Fsp3) is 0.455. The third kappa shape index (κ3) is 1.28. The first-order chi connectivity index (χ1) is 7.36. The van der Waals surface area contributed by atoms with Crippen LogP contribution in [-0.2, 0) is 0 Å². The predicted octanol–water partition coefficient (Wildman–Crippen LogP) is 1.08. The van der Waals surface area contributed by atoms with Crippen LogP contribution >= 0.6 is 0 Å². The van der Waals surface area contributed by atoms with Crippen molar-refractivity contribution in [2.75, 3.05) is 13.2 Å². The van der Waals surface area contributed by atoms with E-state index in [4.69, 9.17) is 4.74 Å². The van der Waals surface area contributed by atoms with E-state index in [1.165, 1.54) is 0 Å². The summed E-state index contributed by atoms with van der Waals surface area (Å²) in [6, 6.07) is 3.80. The van der Waals surface area contributed by atoms with Crippen LogP contribution in [-0.4, -0.2) is 35.0 Å². The molecule has 4 heteroatoms. The summed E-state index contributed by atoms with van der Waals surface area (Å²) in [6.45, 7) is 1.43. The molecule has 15 heavy (non-hydrogen) atoms. The van der Waals surface area contributed by atoms with Crippen molar-refractivity contribution in [3.8, 4) is 5.88 Å². The lowest BCUT2D eigenvalue weighted by atomic mass is 10.2. The van der Waals surface area contributed by atoms with Gasteiger partial charge in [-0.2, -0.15) is 0 Å². The van der Waals surface area contributed by atoms with Crippen molar-refractivity contribution in [1.82, 2.24) is 9.88 Å². The number of hydrogen-bond donors (Lipinski definition) is 0. The summed E-state index contributed by atoms with van der Waals surface area (Å²) < 4.78 is 5.56. The van der Waals surface area contributed by atoms with Gasteiger partial charge in [0.2, 0.25) is 5.88 Å². The quantitative estimate of drug-likeness (QED) is 0.635. The number of hydrogen-bond acceptors (Lipinski definition) is 3. The van der Waals surface area contributed by atoms with E-state index in [1.807, 2.05) is 4.90 Å². The highest BCUT2D eigenvalue weighted by Gasteiger charge is 2.34. The summed E-state index contributed by atoms with van der Waals surface area (Å²) in [6.07, 6.45) is 3.78. The van der Waals surface area contributed by atoms with Gasteiger partial charge in [0.1, 0.15) is 12.2 Å². The Balaban J connectivity index is 2.04. The molecule has 0 N–H and O–H groups in total. The van der Waals surface area contributed by atoms with E-state index in [0.29, 0.717) is 18.1 Å². The molecule has 1 aromatic heterocycles. The summed E-state index contributed by atoms with van der Waals surface area (Å²) >= 11 is 0. The number of ether oxygens (including phenoxy) is 1. The van der Waals surface area contributed by atoms with Crippen molar-refractivity contribution >= 4 is 5.91 Å². The molecular formula is C11H12N2O2. The van der Waals surface area contributed by atoms with Crippen molar-refractivity contribution < 1.29 is 9.53 Å². The van der Waals surface area contributed by atoms with Crippen molar-refractivity contribution in [2.24, 2.45) is 0 Å². The van der Waals surface area contributed by atoms with Crippen LogP contribution in [0.4, 0.5) is 0 Å². The number of aromatic nitrogens is 1. The van der Waals surface area contributed by atoms with Crippen molar-refractivity contribution in [2.45, 2.75) is 18.9 Å². The van der Waals surface area contributed by atoms with E-state index in [9.17, 15) is 4.79 Å². The van der Waals surface area contributed by atoms with E-state index in [1.54, 1.807) is 18.3 Å². The van der Waals surface area contributed by atoms with Gasteiger partial charge in [-0.25, -0.2) is 4.98 Å². The van der Waals surface area contributed by atoms with Crippen LogP contribution in [0.3, 0.4) is 0 Å². The smallest absolute Gasteiger partial charge is 0.259 e. The van der Waals surface area contributed by atoms with Crippen LogP contribution < -0.4 is 4.74 Å². The van der Waals surface area contributed by atoms with Gasteiger partial charge in [-0.1, -0.05) is 0 Å². The van der Waals surface area contributed by atoms with E-state index in [0.717, 1.165) is 19.4 Å². The van der Waals surface area contributed by atoms with E-state index in [-0.39, 0.29) is 11.9 Å². The minimum Gasteiger partial charge on any atom is -0.475 e. The Bertz CT molecular complexity index is 405. The van der Waals surface area contributed by atoms with Crippen LogP contribution in [0.2, 0.25) is 0 Å². The molecule has 1 fully saturated rings. The maximum absolute atomic E-state index is 12.1. The Morgan fingerprint density at radius 2 is 2.47 bits per heavy atom. The zero-order chi connectivity index (χ0) is 10.3. The van der Waals surface area contributed by atoms with E-state index in [2.05, 4.69) is 4.98 Å². The molecule has 1 unspecified atom stereocenters. The molecule has 4 nitrogen and oxygen atoms in total. The maximum Gasteiger partial charge on any atom is 0.259 e. The van der Waals surface area contributed by atoms with Crippen molar-refractivity contribution in [3.63, 3.8) is 0 Å². The molecule has 2 aliphatic heterocycles. The fourth-order valence-electron chi connectivity index (χ4n) is 2.27. The van der Waals surface area contributed by atoms with Gasteiger partial charge in [-0.05, 0) is 25.0 Å². The maximum atomic E-state index is 12.1. The predicted molar refractivity (Wildman–Crippen MR) is 53.8 cm³/mol. The summed E-state index contributed by atoms with van der Waals surface area (Å²) in [7, 11) is 0. The molecule has 0 radical (unpaired) electrons. The van der Waals surface area contributed by atoms with Gasteiger partial charge in [0.25, 0.3) is 5.91 Å². The highest BCUT2D eigenvalue weighted by molar-refractivity contribution is 5.97. The molecule has 3 heterocycles. The fourth-order valence-corrected chi connectivity index (χ4v) is 2.27. The molecule has 0 spiro atoms. The Morgan fingerprint density at radius 3 is 3.40 bits per heavy atom. The van der Waals surface area contributed by atoms with Gasteiger partial charge in [-0.15, -0.1) is 0 Å². The second-order valence-electron chi connectivity index (χ2n) is 3.96. The number of nitrogens with zero attached hydrogens (tertiary/aromatic N) is 2. The zero-order valence-corrected chi connectivity index (χ0v) is 8.35. The van der Waals surface area contributed by atoms with Gasteiger partial charge < -0.3 is 9.64 Å². The summed E-state index contributed by atoms with van der Waals surface area (Å²) in [4.78, 5) is 18.1. The molecule has 1 aromatic rings. The van der Waals surface area contributed by atoms with Gasteiger partial charge in [-0.3, -0.25) is 4.79 Å². The Hall–Kier alpha value is -1.58. The van der Waals surface area contributed by atoms with Crippen molar-refractivity contribution in [1.29, 1.82) is 0 Å². The average molecular weight is 204 g/mol. The minimum atomic E-state index is 0.0677. The standard InChI is InChI=1S/C11H12N2O2/c14-11-9-4-1-5-12-10(9)15-7-8-3-2-6-13(8)11/h1,4-5,8H,2-3,6-7H2. The lowest BCUT2D eigenvalue weighted by Gasteiger charge is -2.20. The van der Waals surface area contributed by atoms with Crippen LogP contribution in [0.5, 0.6) is 5.88 Å². The first-order valence-electron chi connectivity index (χ1n) is 5.25. The highest BCUT2D eigenvalue weighted by Crippen LogP contribution is 2.27. The van der Waals surface area contributed by atoms with Gasteiger partial charge in [0.15, 0.2) is 0 Å². The number of pyridine rings is 1. The molecule has 0 aromatic carbocycles. The van der Waals surface area contributed by atoms with Gasteiger partial charge in [0.05, 0.1) is 6.04 Å². The Labute approximate surface area is 87.9 Å². The third-order valence-corrected chi connectivity index (χ3v) is 3.05.